The van der Waals surface area contributed by atoms with Crippen LogP contribution in [0.4, 0.5) is 0 Å². The van der Waals surface area contributed by atoms with E-state index in [1.54, 1.807) is 41.7 Å². The number of aliphatic imine (C=N–C) groups is 1. The molecule has 5 heterocycles. The number of phenolic OH excluding ortho intramolecular Hbond substituents is 2. The van der Waals surface area contributed by atoms with E-state index in [0.717, 1.165) is 75.3 Å². The molecule has 2 aliphatic heterocycles. The number of piperidine rings is 1. The fourth-order valence-electron chi connectivity index (χ4n) is 10.0. The Kier molecular flexibility index (Phi) is 10.2. The fourth-order valence-corrected chi connectivity index (χ4v) is 12.5. The number of rotatable bonds is 10. The lowest BCUT2D eigenvalue weighted by Crippen LogP contribution is -2.51. The zero-order chi connectivity index (χ0) is 42.0. The molecule has 0 unspecified atom stereocenters. The molecule has 3 aliphatic rings. The Morgan fingerprint density at radius 3 is 2.39 bits per heavy atom. The first-order valence-corrected chi connectivity index (χ1v) is 22.9. The fraction of sp³-hybridized carbons (Fsp3) is 0.320. The number of ketones is 1. The van der Waals surface area contributed by atoms with Gasteiger partial charge in [-0.1, -0.05) is 24.3 Å². The molecule has 10 rings (SSSR count). The largest absolute Gasteiger partial charge is 0.508 e. The number of aryl methyl sites for hydroxylation is 2. The van der Waals surface area contributed by atoms with Gasteiger partial charge in [0.15, 0.2) is 11.6 Å². The smallest absolute Gasteiger partial charge is 0.195 e. The van der Waals surface area contributed by atoms with Crippen molar-refractivity contribution in [3.05, 3.63) is 141 Å². The van der Waals surface area contributed by atoms with Crippen LogP contribution in [0.5, 0.6) is 17.2 Å². The molecule has 1 spiro atoms. The van der Waals surface area contributed by atoms with E-state index in [-0.39, 0.29) is 23.3 Å². The van der Waals surface area contributed by atoms with Gasteiger partial charge in [0.25, 0.3) is 0 Å². The molecular weight excluding hydrogens is 799 g/mol. The molecule has 1 saturated carbocycles. The standard InChI is InChI=1S/C50H49N5O4S2/c1-29-31(3)60-49-43(29)45(51-30(2)48-53-52-32(4)55(48)49)35-8-6-33(7-9-35)24-34-26-50(27-34)20-5-21-54(28-50)22-23-59-40-17-12-36(13-18-40)46(58)44-41-19-16-39(57)25-42(41)61-47(44)37-10-14-38(56)15-11-37/h6-19,25,30,34,56-57H,5,20-24,26-28H2,1-4H3/t30-,34?,50?/m0/s1. The molecule has 310 valence electrons. The van der Waals surface area contributed by atoms with E-state index in [2.05, 4.69) is 64.7 Å². The van der Waals surface area contributed by atoms with Crippen LogP contribution in [0.1, 0.15) is 93.4 Å². The molecule has 61 heavy (non-hydrogen) atoms. The van der Waals surface area contributed by atoms with Gasteiger partial charge in [0.1, 0.15) is 40.7 Å². The number of benzene rings is 4. The first kappa shape index (κ1) is 39.5. The minimum Gasteiger partial charge on any atom is -0.508 e. The first-order valence-electron chi connectivity index (χ1n) is 21.3. The third-order valence-corrected chi connectivity index (χ3v) is 15.5. The van der Waals surface area contributed by atoms with Crippen LogP contribution < -0.4 is 4.74 Å². The van der Waals surface area contributed by atoms with Gasteiger partial charge in [0.2, 0.25) is 0 Å². The minimum absolute atomic E-state index is 0.0860. The molecule has 0 bridgehead atoms. The summed E-state index contributed by atoms with van der Waals surface area (Å²) in [5.41, 5.74) is 8.49. The molecule has 1 atom stereocenters. The summed E-state index contributed by atoms with van der Waals surface area (Å²) in [6, 6.07) is 28.5. The maximum Gasteiger partial charge on any atom is 0.195 e. The quantitative estimate of drug-likeness (QED) is 0.132. The average molecular weight is 848 g/mol. The summed E-state index contributed by atoms with van der Waals surface area (Å²) in [6.45, 7) is 12.2. The van der Waals surface area contributed by atoms with Crippen molar-refractivity contribution in [3.8, 4) is 32.7 Å². The van der Waals surface area contributed by atoms with Crippen molar-refractivity contribution in [1.29, 1.82) is 0 Å². The highest BCUT2D eigenvalue weighted by Crippen LogP contribution is 2.52. The Morgan fingerprint density at radius 1 is 0.885 bits per heavy atom. The maximum atomic E-state index is 14.0. The van der Waals surface area contributed by atoms with E-state index in [1.807, 2.05) is 43.3 Å². The monoisotopic (exact) mass is 847 g/mol. The highest BCUT2D eigenvalue weighted by molar-refractivity contribution is 7.22. The van der Waals surface area contributed by atoms with Crippen molar-refractivity contribution >= 4 is 44.3 Å². The summed E-state index contributed by atoms with van der Waals surface area (Å²) in [6.07, 6.45) is 6.18. The summed E-state index contributed by atoms with van der Waals surface area (Å²) in [4.78, 5) is 24.0. The Balaban J connectivity index is 0.740. The summed E-state index contributed by atoms with van der Waals surface area (Å²) in [5.74, 6) is 3.48. The molecule has 9 nitrogen and oxygen atoms in total. The van der Waals surface area contributed by atoms with Gasteiger partial charge in [-0.3, -0.25) is 19.3 Å². The van der Waals surface area contributed by atoms with E-state index in [0.29, 0.717) is 29.1 Å². The van der Waals surface area contributed by atoms with Crippen molar-refractivity contribution in [2.45, 2.75) is 65.8 Å². The first-order chi connectivity index (χ1) is 29.5. The van der Waals surface area contributed by atoms with Gasteiger partial charge in [-0.2, -0.15) is 0 Å². The Bertz CT molecular complexity index is 2810. The summed E-state index contributed by atoms with van der Waals surface area (Å²) in [7, 11) is 0. The topological polar surface area (TPSA) is 113 Å². The van der Waals surface area contributed by atoms with Crippen molar-refractivity contribution in [3.63, 3.8) is 0 Å². The van der Waals surface area contributed by atoms with Crippen molar-refractivity contribution < 1.29 is 19.7 Å². The van der Waals surface area contributed by atoms with E-state index in [4.69, 9.17) is 9.73 Å². The average Bonchev–Trinajstić information content (AvgIpc) is 3.89. The molecule has 0 amide bonds. The number of aromatic hydroxyl groups is 2. The Hall–Kier alpha value is -5.62. The van der Waals surface area contributed by atoms with E-state index < -0.39 is 0 Å². The SMILES string of the molecule is Cc1sc2c(c1C)C(c1ccc(CC3CC4(CCCN(CCOc5ccc(C(=O)c6c(-c7ccc(O)cc7)sc7cc(O)ccc67)cc5)C4)C3)cc1)=N[C@@H](C)c1nnc(C)n1-2. The van der Waals surface area contributed by atoms with Crippen molar-refractivity contribution in [2.24, 2.45) is 16.3 Å². The van der Waals surface area contributed by atoms with Crippen LogP contribution in [0.2, 0.25) is 0 Å². The molecule has 4 aromatic carbocycles. The number of nitrogens with zero attached hydrogens (tertiary/aromatic N) is 5. The molecular formula is C50H49N5O4S2. The van der Waals surface area contributed by atoms with Crippen molar-refractivity contribution in [1.82, 2.24) is 19.7 Å². The molecule has 0 radical (unpaired) electrons. The number of carbonyl (C=O) groups excluding carboxylic acids is 1. The lowest BCUT2D eigenvalue weighted by molar-refractivity contribution is -0.0259. The van der Waals surface area contributed by atoms with Gasteiger partial charge in [0, 0.05) is 55.2 Å². The molecule has 2 N–H and O–H groups in total. The zero-order valence-electron chi connectivity index (χ0n) is 34.9. The second-order valence-corrected chi connectivity index (χ2v) is 19.6. The summed E-state index contributed by atoms with van der Waals surface area (Å²) < 4.78 is 9.26. The van der Waals surface area contributed by atoms with Gasteiger partial charge in [-0.05, 0) is 161 Å². The van der Waals surface area contributed by atoms with E-state index in [1.165, 1.54) is 63.6 Å². The second-order valence-electron chi connectivity index (χ2n) is 17.3. The number of ether oxygens (including phenoxy) is 1. The van der Waals surface area contributed by atoms with Crippen LogP contribution in [0.15, 0.2) is 96.0 Å². The highest BCUT2D eigenvalue weighted by atomic mass is 32.1. The van der Waals surface area contributed by atoms with Crippen LogP contribution in [0, 0.1) is 32.1 Å². The van der Waals surface area contributed by atoms with E-state index in [9.17, 15) is 15.0 Å². The van der Waals surface area contributed by atoms with Crippen LogP contribution in [0.25, 0.3) is 25.5 Å². The number of carbonyl (C=O) groups is 1. The predicted octanol–water partition coefficient (Wildman–Crippen LogP) is 10.8. The normalized spacial score (nSPS) is 19.9. The maximum absolute atomic E-state index is 14.0. The van der Waals surface area contributed by atoms with Gasteiger partial charge < -0.3 is 14.9 Å². The van der Waals surface area contributed by atoms with Gasteiger partial charge in [-0.25, -0.2) is 0 Å². The number of aromatic nitrogens is 3. The number of hydrogen-bond donors (Lipinski definition) is 2. The second kappa shape index (κ2) is 15.7. The number of hydrogen-bond acceptors (Lipinski definition) is 10. The minimum atomic E-state index is -0.0922. The molecule has 2 fully saturated rings. The van der Waals surface area contributed by atoms with Crippen LogP contribution >= 0.6 is 22.7 Å². The number of phenols is 2. The Labute approximate surface area is 364 Å². The number of thiophene rings is 2. The van der Waals surface area contributed by atoms with Crippen LogP contribution in [0.3, 0.4) is 0 Å². The lowest BCUT2D eigenvalue weighted by Gasteiger charge is -2.53. The third-order valence-electron chi connectivity index (χ3n) is 13.1. The number of fused-ring (bicyclic) bond motifs is 4. The summed E-state index contributed by atoms with van der Waals surface area (Å²) in [5, 5.41) is 30.9. The number of likely N-dealkylation sites (tertiary alicyclic amines) is 1. The third kappa shape index (κ3) is 7.36. The molecule has 11 heteroatoms. The predicted molar refractivity (Wildman–Crippen MR) is 244 cm³/mol. The van der Waals surface area contributed by atoms with E-state index >= 15 is 0 Å². The molecule has 1 aliphatic carbocycles. The van der Waals surface area contributed by atoms with Crippen molar-refractivity contribution in [2.75, 3.05) is 26.2 Å². The zero-order valence-corrected chi connectivity index (χ0v) is 36.6. The molecule has 7 aromatic rings. The molecule has 1 saturated heterocycles. The van der Waals surface area contributed by atoms with Gasteiger partial charge >= 0.3 is 0 Å². The van der Waals surface area contributed by atoms with Crippen LogP contribution in [-0.4, -0.2) is 67.6 Å². The van der Waals surface area contributed by atoms with Crippen LogP contribution in [-0.2, 0) is 6.42 Å². The Morgan fingerprint density at radius 2 is 1.62 bits per heavy atom. The lowest BCUT2D eigenvalue weighted by atomic mass is 9.57. The van der Waals surface area contributed by atoms with Gasteiger partial charge in [-0.15, -0.1) is 32.9 Å². The highest BCUT2D eigenvalue weighted by Gasteiger charge is 2.46. The molecule has 3 aromatic heterocycles. The summed E-state index contributed by atoms with van der Waals surface area (Å²) >= 11 is 3.26. The van der Waals surface area contributed by atoms with Gasteiger partial charge in [0.05, 0.1) is 5.71 Å².